The van der Waals surface area contributed by atoms with Crippen LogP contribution in [0.3, 0.4) is 0 Å². The van der Waals surface area contributed by atoms with E-state index >= 15 is 0 Å². The van der Waals surface area contributed by atoms with Crippen LogP contribution in [0.5, 0.6) is 0 Å². The first kappa shape index (κ1) is 14.0. The van der Waals surface area contributed by atoms with Crippen LogP contribution in [0.1, 0.15) is 25.2 Å². The van der Waals surface area contributed by atoms with E-state index < -0.39 is 0 Å². The topological polar surface area (TPSA) is 52.1 Å². The number of carbonyl (C=O) groups is 1. The fourth-order valence-electron chi connectivity index (χ4n) is 1.39. The second-order valence-corrected chi connectivity index (χ2v) is 5.41. The van der Waals surface area contributed by atoms with Gasteiger partial charge in [-0.3, -0.25) is 4.79 Å². The molecule has 0 aliphatic heterocycles. The van der Waals surface area contributed by atoms with E-state index in [1.807, 2.05) is 33.8 Å². The Bertz CT molecular complexity index is 389. The summed E-state index contributed by atoms with van der Waals surface area (Å²) in [6.45, 7) is 7.71. The van der Waals surface area contributed by atoms with Gasteiger partial charge >= 0.3 is 5.97 Å². The van der Waals surface area contributed by atoms with Gasteiger partial charge < -0.3 is 4.74 Å². The van der Waals surface area contributed by atoms with Crippen LogP contribution >= 0.6 is 11.8 Å². The number of hydrogen-bond donors (Lipinski definition) is 0. The predicted molar refractivity (Wildman–Crippen MR) is 68.0 cm³/mol. The summed E-state index contributed by atoms with van der Waals surface area (Å²) in [7, 11) is 1.41. The van der Waals surface area contributed by atoms with Gasteiger partial charge in [-0.05, 0) is 19.9 Å². The minimum atomic E-state index is -0.200. The summed E-state index contributed by atoms with van der Waals surface area (Å²) in [5.74, 6) is -0.371. The molecule has 0 fully saturated rings. The molecule has 0 aromatic carbocycles. The van der Waals surface area contributed by atoms with Crippen LogP contribution in [-0.2, 0) is 9.53 Å². The standard InChI is InChI=1S/C12H18N2O2S/c1-7-6-8(2)14-12(13-7)17-10(4)9(3)11(15)16-5/h6,9-10H,1-5H3. The summed E-state index contributed by atoms with van der Waals surface area (Å²) in [4.78, 5) is 20.1. The molecule has 0 spiro atoms. The molecule has 0 radical (unpaired) electrons. The first-order chi connectivity index (χ1) is 7.93. The summed E-state index contributed by atoms with van der Waals surface area (Å²) in [5.41, 5.74) is 1.89. The third-order valence-corrected chi connectivity index (χ3v) is 3.70. The average molecular weight is 254 g/mol. The van der Waals surface area contributed by atoms with Gasteiger partial charge in [0.05, 0.1) is 13.0 Å². The van der Waals surface area contributed by atoms with Crippen LogP contribution in [0.15, 0.2) is 11.2 Å². The largest absolute Gasteiger partial charge is 0.469 e. The van der Waals surface area contributed by atoms with Crippen molar-refractivity contribution in [3.05, 3.63) is 17.5 Å². The number of nitrogens with zero attached hydrogens (tertiary/aromatic N) is 2. The Kier molecular flexibility index (Phi) is 4.93. The lowest BCUT2D eigenvalue weighted by molar-refractivity contribution is -0.144. The Hall–Kier alpha value is -1.10. The molecular formula is C12H18N2O2S. The number of methoxy groups -OCH3 is 1. The summed E-state index contributed by atoms with van der Waals surface area (Å²) >= 11 is 1.50. The summed E-state index contributed by atoms with van der Waals surface area (Å²) in [6.07, 6.45) is 0. The van der Waals surface area contributed by atoms with Crippen molar-refractivity contribution in [1.29, 1.82) is 0 Å². The number of hydrogen-bond acceptors (Lipinski definition) is 5. The van der Waals surface area contributed by atoms with Crippen molar-refractivity contribution >= 4 is 17.7 Å². The number of esters is 1. The van der Waals surface area contributed by atoms with Crippen LogP contribution in [0.25, 0.3) is 0 Å². The lowest BCUT2D eigenvalue weighted by Gasteiger charge is -2.16. The van der Waals surface area contributed by atoms with E-state index in [0.717, 1.165) is 11.4 Å². The molecule has 1 aromatic rings. The van der Waals surface area contributed by atoms with E-state index in [4.69, 9.17) is 4.74 Å². The van der Waals surface area contributed by atoms with Crippen molar-refractivity contribution in [1.82, 2.24) is 9.97 Å². The van der Waals surface area contributed by atoms with E-state index in [1.165, 1.54) is 18.9 Å². The minimum Gasteiger partial charge on any atom is -0.469 e. The van der Waals surface area contributed by atoms with Crippen LogP contribution in [0.2, 0.25) is 0 Å². The molecular weight excluding hydrogens is 236 g/mol. The van der Waals surface area contributed by atoms with Gasteiger partial charge in [0, 0.05) is 16.6 Å². The van der Waals surface area contributed by atoms with Crippen LogP contribution < -0.4 is 0 Å². The van der Waals surface area contributed by atoms with Crippen molar-refractivity contribution in [2.24, 2.45) is 5.92 Å². The molecule has 1 heterocycles. The van der Waals surface area contributed by atoms with E-state index in [1.54, 1.807) is 0 Å². The monoisotopic (exact) mass is 254 g/mol. The molecule has 0 N–H and O–H groups in total. The van der Waals surface area contributed by atoms with Crippen molar-refractivity contribution < 1.29 is 9.53 Å². The van der Waals surface area contributed by atoms with Crippen molar-refractivity contribution in [2.45, 2.75) is 38.1 Å². The van der Waals surface area contributed by atoms with E-state index in [-0.39, 0.29) is 17.1 Å². The van der Waals surface area contributed by atoms with Crippen LogP contribution in [0.4, 0.5) is 0 Å². The van der Waals surface area contributed by atoms with E-state index in [2.05, 4.69) is 9.97 Å². The Morgan fingerprint density at radius 1 is 1.29 bits per heavy atom. The molecule has 0 saturated carbocycles. The molecule has 0 saturated heterocycles. The number of aryl methyl sites for hydroxylation is 2. The zero-order valence-corrected chi connectivity index (χ0v) is 11.7. The molecule has 0 aliphatic carbocycles. The quantitative estimate of drug-likeness (QED) is 0.469. The smallest absolute Gasteiger partial charge is 0.309 e. The number of carbonyl (C=O) groups excluding carboxylic acids is 1. The second-order valence-electron chi connectivity index (χ2n) is 4.07. The van der Waals surface area contributed by atoms with Gasteiger partial charge in [-0.1, -0.05) is 25.6 Å². The molecule has 0 aliphatic rings. The summed E-state index contributed by atoms with van der Waals surface area (Å²) < 4.78 is 4.73. The van der Waals surface area contributed by atoms with Gasteiger partial charge in [0.25, 0.3) is 0 Å². The number of ether oxygens (including phenoxy) is 1. The molecule has 4 nitrogen and oxygen atoms in total. The molecule has 1 rings (SSSR count). The average Bonchev–Trinajstić information content (AvgIpc) is 2.25. The van der Waals surface area contributed by atoms with E-state index in [0.29, 0.717) is 5.16 Å². The number of aromatic nitrogens is 2. The third-order valence-electron chi connectivity index (χ3n) is 2.53. The maximum Gasteiger partial charge on any atom is 0.309 e. The summed E-state index contributed by atoms with van der Waals surface area (Å²) in [5, 5.41) is 0.800. The molecule has 17 heavy (non-hydrogen) atoms. The van der Waals surface area contributed by atoms with Crippen LogP contribution in [-0.4, -0.2) is 28.3 Å². The fourth-order valence-corrected chi connectivity index (χ4v) is 2.43. The molecule has 0 amide bonds. The zero-order chi connectivity index (χ0) is 13.0. The Morgan fingerprint density at radius 3 is 2.29 bits per heavy atom. The first-order valence-corrected chi connectivity index (χ1v) is 6.38. The Labute approximate surface area is 106 Å². The molecule has 94 valence electrons. The van der Waals surface area contributed by atoms with Crippen molar-refractivity contribution in [3.8, 4) is 0 Å². The third kappa shape index (κ3) is 4.00. The van der Waals surface area contributed by atoms with Gasteiger partial charge in [-0.15, -0.1) is 0 Å². The molecule has 0 bridgehead atoms. The normalized spacial score (nSPS) is 14.2. The van der Waals surface area contributed by atoms with Crippen molar-refractivity contribution in [2.75, 3.05) is 7.11 Å². The molecule has 1 aromatic heterocycles. The van der Waals surface area contributed by atoms with Gasteiger partial charge in [0.15, 0.2) is 5.16 Å². The second kappa shape index (κ2) is 6.00. The maximum absolute atomic E-state index is 11.4. The molecule has 2 unspecified atom stereocenters. The molecule has 2 atom stereocenters. The zero-order valence-electron chi connectivity index (χ0n) is 10.9. The fraction of sp³-hybridized carbons (Fsp3) is 0.583. The molecule has 5 heteroatoms. The Morgan fingerprint density at radius 2 is 1.82 bits per heavy atom. The lowest BCUT2D eigenvalue weighted by Crippen LogP contribution is -2.22. The summed E-state index contributed by atoms with van der Waals surface area (Å²) in [6, 6.07) is 1.93. The van der Waals surface area contributed by atoms with Gasteiger partial charge in [-0.2, -0.15) is 0 Å². The van der Waals surface area contributed by atoms with Gasteiger partial charge in [0.2, 0.25) is 0 Å². The predicted octanol–water partition coefficient (Wildman–Crippen LogP) is 2.38. The highest BCUT2D eigenvalue weighted by Gasteiger charge is 2.22. The number of thioether (sulfide) groups is 1. The van der Waals surface area contributed by atoms with Gasteiger partial charge in [0.1, 0.15) is 0 Å². The van der Waals surface area contributed by atoms with Crippen LogP contribution in [0, 0.1) is 19.8 Å². The SMILES string of the molecule is COC(=O)C(C)C(C)Sc1nc(C)cc(C)n1. The minimum absolute atomic E-state index is 0.0867. The highest BCUT2D eigenvalue weighted by Crippen LogP contribution is 2.26. The number of rotatable bonds is 4. The van der Waals surface area contributed by atoms with E-state index in [9.17, 15) is 4.79 Å². The van der Waals surface area contributed by atoms with Gasteiger partial charge in [-0.25, -0.2) is 9.97 Å². The lowest BCUT2D eigenvalue weighted by atomic mass is 10.1. The highest BCUT2D eigenvalue weighted by molar-refractivity contribution is 7.99. The highest BCUT2D eigenvalue weighted by atomic mass is 32.2. The first-order valence-electron chi connectivity index (χ1n) is 5.50. The Balaban J connectivity index is 2.73. The maximum atomic E-state index is 11.4. The van der Waals surface area contributed by atoms with Crippen molar-refractivity contribution in [3.63, 3.8) is 0 Å².